The second-order valence-electron chi connectivity index (χ2n) is 6.73. The molecule has 2 heterocycles. The molecule has 0 unspecified atom stereocenters. The highest BCUT2D eigenvalue weighted by Crippen LogP contribution is 2.29. The van der Waals surface area contributed by atoms with Crippen LogP contribution in [-0.2, 0) is 6.42 Å². The molecule has 1 saturated heterocycles. The summed E-state index contributed by atoms with van der Waals surface area (Å²) < 4.78 is 3.64. The van der Waals surface area contributed by atoms with Gasteiger partial charge in [0, 0.05) is 41.9 Å². The van der Waals surface area contributed by atoms with Crippen molar-refractivity contribution in [3.05, 3.63) is 70.8 Å². The Morgan fingerprint density at radius 3 is 2.54 bits per heavy atom. The van der Waals surface area contributed by atoms with Crippen molar-refractivity contribution < 1.29 is 0 Å². The fourth-order valence-corrected chi connectivity index (χ4v) is 4.14. The second-order valence-corrected chi connectivity index (χ2v) is 7.65. The lowest BCUT2D eigenvalue weighted by Gasteiger charge is -2.33. The molecule has 0 spiro atoms. The quantitative estimate of drug-likeness (QED) is 0.595. The molecule has 2 aromatic carbocycles. The maximum absolute atomic E-state index is 3.61. The van der Waals surface area contributed by atoms with Crippen LogP contribution >= 0.6 is 15.9 Å². The molecule has 3 heteroatoms. The Hall–Kier alpha value is -1.58. The first-order valence-electron chi connectivity index (χ1n) is 8.82. The molecule has 1 aliphatic rings. The van der Waals surface area contributed by atoms with Crippen LogP contribution in [0.1, 0.15) is 24.4 Å². The Morgan fingerprint density at radius 1 is 0.958 bits per heavy atom. The molecule has 0 N–H and O–H groups in total. The van der Waals surface area contributed by atoms with Gasteiger partial charge in [0.05, 0.1) is 0 Å². The van der Waals surface area contributed by atoms with Gasteiger partial charge in [-0.3, -0.25) is 0 Å². The molecule has 0 aliphatic carbocycles. The summed E-state index contributed by atoms with van der Waals surface area (Å²) in [6.07, 6.45) is 5.91. The molecule has 1 aliphatic heterocycles. The van der Waals surface area contributed by atoms with E-state index in [-0.39, 0.29) is 0 Å². The molecule has 0 saturated carbocycles. The molecule has 3 aromatic rings. The second kappa shape index (κ2) is 7.12. The van der Waals surface area contributed by atoms with Crippen molar-refractivity contribution in [2.45, 2.75) is 25.3 Å². The summed E-state index contributed by atoms with van der Waals surface area (Å²) in [6, 6.07) is 20.3. The molecule has 1 fully saturated rings. The van der Waals surface area contributed by atoms with Crippen molar-refractivity contribution >= 4 is 26.8 Å². The van der Waals surface area contributed by atoms with Crippen molar-refractivity contribution in [3.63, 3.8) is 0 Å². The minimum atomic E-state index is 0.629. The summed E-state index contributed by atoms with van der Waals surface area (Å²) >= 11 is 3.61. The van der Waals surface area contributed by atoms with E-state index in [2.05, 4.69) is 86.2 Å². The van der Waals surface area contributed by atoms with Crippen LogP contribution in [0.5, 0.6) is 0 Å². The van der Waals surface area contributed by atoms with Gasteiger partial charge in [0.1, 0.15) is 0 Å². The number of aromatic nitrogens is 1. The van der Waals surface area contributed by atoms with Gasteiger partial charge in [-0.05, 0) is 48.4 Å². The highest BCUT2D eigenvalue weighted by atomic mass is 79.9. The van der Waals surface area contributed by atoms with Crippen LogP contribution < -0.4 is 0 Å². The van der Waals surface area contributed by atoms with Crippen LogP contribution in [0.3, 0.4) is 0 Å². The van der Waals surface area contributed by atoms with Gasteiger partial charge in [0.25, 0.3) is 0 Å². The van der Waals surface area contributed by atoms with Gasteiger partial charge in [-0.1, -0.05) is 52.3 Å². The minimum absolute atomic E-state index is 0.629. The van der Waals surface area contributed by atoms with Crippen molar-refractivity contribution in [2.75, 3.05) is 19.6 Å². The maximum atomic E-state index is 3.61. The largest absolute Gasteiger partial charge is 0.344 e. The van der Waals surface area contributed by atoms with Crippen LogP contribution in [0.15, 0.2) is 65.3 Å². The Morgan fingerprint density at radius 2 is 1.75 bits per heavy atom. The third kappa shape index (κ3) is 3.42. The smallest absolute Gasteiger partial charge is 0.0494 e. The van der Waals surface area contributed by atoms with E-state index in [4.69, 9.17) is 0 Å². The number of fused-ring (bicyclic) bond motifs is 1. The lowest BCUT2D eigenvalue weighted by Crippen LogP contribution is -2.35. The first-order chi connectivity index (χ1) is 11.8. The van der Waals surface area contributed by atoms with Gasteiger partial charge in [-0.2, -0.15) is 0 Å². The Kier molecular flexibility index (Phi) is 4.72. The average Bonchev–Trinajstić information content (AvgIpc) is 3.04. The summed E-state index contributed by atoms with van der Waals surface area (Å²) in [5.41, 5.74) is 2.80. The van der Waals surface area contributed by atoms with Gasteiger partial charge >= 0.3 is 0 Å². The number of rotatable bonds is 4. The molecule has 2 nitrogen and oxygen atoms in total. The van der Waals surface area contributed by atoms with Gasteiger partial charge in [0.15, 0.2) is 0 Å². The summed E-state index contributed by atoms with van der Waals surface area (Å²) in [5.74, 6) is 0. The fraction of sp³-hybridized carbons (Fsp3) is 0.333. The molecule has 0 atom stereocenters. The van der Waals surface area contributed by atoms with Crippen LogP contribution in [-0.4, -0.2) is 29.1 Å². The zero-order valence-electron chi connectivity index (χ0n) is 13.9. The molecule has 1 aromatic heterocycles. The first kappa shape index (κ1) is 15.9. The van der Waals surface area contributed by atoms with E-state index in [9.17, 15) is 0 Å². The molecular formula is C21H23BrN2. The third-order valence-electron chi connectivity index (χ3n) is 5.20. The van der Waals surface area contributed by atoms with E-state index in [1.165, 1.54) is 48.9 Å². The van der Waals surface area contributed by atoms with Crippen molar-refractivity contribution in [1.82, 2.24) is 9.47 Å². The Labute approximate surface area is 152 Å². The van der Waals surface area contributed by atoms with E-state index in [0.717, 1.165) is 10.9 Å². The molecular weight excluding hydrogens is 360 g/mol. The van der Waals surface area contributed by atoms with Crippen LogP contribution in [0.25, 0.3) is 10.9 Å². The van der Waals surface area contributed by atoms with Gasteiger partial charge in [-0.25, -0.2) is 0 Å². The number of halogens is 1. The zero-order valence-corrected chi connectivity index (χ0v) is 15.5. The Bertz CT molecular complexity index is 801. The third-order valence-corrected chi connectivity index (χ3v) is 5.69. The Balaban J connectivity index is 1.38. The van der Waals surface area contributed by atoms with Crippen molar-refractivity contribution in [2.24, 2.45) is 0 Å². The topological polar surface area (TPSA) is 8.17 Å². The summed E-state index contributed by atoms with van der Waals surface area (Å²) in [7, 11) is 0. The van der Waals surface area contributed by atoms with Crippen LogP contribution in [0.2, 0.25) is 0 Å². The lowest BCUT2D eigenvalue weighted by molar-refractivity contribution is 0.190. The van der Waals surface area contributed by atoms with E-state index in [0.29, 0.717) is 6.04 Å². The molecule has 0 amide bonds. The number of hydrogen-bond donors (Lipinski definition) is 0. The van der Waals surface area contributed by atoms with E-state index in [1.807, 2.05) is 0 Å². The van der Waals surface area contributed by atoms with E-state index >= 15 is 0 Å². The van der Waals surface area contributed by atoms with E-state index in [1.54, 1.807) is 0 Å². The minimum Gasteiger partial charge on any atom is -0.344 e. The zero-order chi connectivity index (χ0) is 16.4. The van der Waals surface area contributed by atoms with Gasteiger partial charge < -0.3 is 9.47 Å². The van der Waals surface area contributed by atoms with Crippen LogP contribution in [0.4, 0.5) is 0 Å². The summed E-state index contributed by atoms with van der Waals surface area (Å²) in [5, 5.41) is 1.34. The van der Waals surface area contributed by atoms with Crippen molar-refractivity contribution in [1.29, 1.82) is 0 Å². The highest BCUT2D eigenvalue weighted by molar-refractivity contribution is 9.10. The number of hydrogen-bond acceptors (Lipinski definition) is 1. The molecule has 124 valence electrons. The SMILES string of the molecule is Brc1ccc2ccn(C3CCN(CCc4ccccc4)CC3)c2c1. The molecule has 24 heavy (non-hydrogen) atoms. The number of benzene rings is 2. The normalized spacial score (nSPS) is 16.7. The predicted octanol–water partition coefficient (Wildman–Crippen LogP) is 5.28. The molecule has 0 bridgehead atoms. The lowest BCUT2D eigenvalue weighted by atomic mass is 10.0. The van der Waals surface area contributed by atoms with Crippen LogP contribution in [0, 0.1) is 0 Å². The molecule has 4 rings (SSSR count). The molecule has 0 radical (unpaired) electrons. The van der Waals surface area contributed by atoms with Gasteiger partial charge in [-0.15, -0.1) is 0 Å². The standard InChI is InChI=1S/C21H23BrN2/c22-19-7-6-18-9-15-24(21(18)16-19)20-10-13-23(14-11-20)12-8-17-4-2-1-3-5-17/h1-7,9,15-16,20H,8,10-14H2. The number of likely N-dealkylation sites (tertiary alicyclic amines) is 1. The summed E-state index contributed by atoms with van der Waals surface area (Å²) in [4.78, 5) is 2.62. The van der Waals surface area contributed by atoms with Crippen molar-refractivity contribution in [3.8, 4) is 0 Å². The number of piperidine rings is 1. The van der Waals surface area contributed by atoms with Gasteiger partial charge in [0.2, 0.25) is 0 Å². The average molecular weight is 383 g/mol. The maximum Gasteiger partial charge on any atom is 0.0494 e. The monoisotopic (exact) mass is 382 g/mol. The predicted molar refractivity (Wildman–Crippen MR) is 104 cm³/mol. The first-order valence-corrected chi connectivity index (χ1v) is 9.61. The fourth-order valence-electron chi connectivity index (χ4n) is 3.79. The number of nitrogens with zero attached hydrogens (tertiary/aromatic N) is 2. The highest BCUT2D eigenvalue weighted by Gasteiger charge is 2.21. The van der Waals surface area contributed by atoms with E-state index < -0.39 is 0 Å². The summed E-state index contributed by atoms with van der Waals surface area (Å²) in [6.45, 7) is 3.57.